The number of rotatable bonds is 5. The Morgan fingerprint density at radius 3 is 2.79 bits per heavy atom. The fraction of sp³-hybridized carbons (Fsp3) is 0.909. The minimum atomic E-state index is -0.774. The van der Waals surface area contributed by atoms with E-state index < -0.39 is 5.97 Å². The lowest BCUT2D eigenvalue weighted by atomic mass is 9.92. The van der Waals surface area contributed by atoms with Gasteiger partial charge in [-0.25, -0.2) is 0 Å². The first-order chi connectivity index (χ1) is 6.61. The van der Waals surface area contributed by atoms with E-state index in [2.05, 4.69) is 13.8 Å². The average Bonchev–Trinajstić information content (AvgIpc) is 2.51. The molecule has 1 fully saturated rings. The van der Waals surface area contributed by atoms with Gasteiger partial charge in [0.2, 0.25) is 0 Å². The molecule has 0 amide bonds. The van der Waals surface area contributed by atoms with Crippen molar-refractivity contribution in [3.63, 3.8) is 0 Å². The molecule has 0 aliphatic heterocycles. The molecule has 1 aliphatic rings. The molecule has 0 bridgehead atoms. The Labute approximate surface area is 85.5 Å². The minimum Gasteiger partial charge on any atom is -0.481 e. The van der Waals surface area contributed by atoms with Crippen molar-refractivity contribution in [2.45, 2.75) is 45.6 Å². The van der Waals surface area contributed by atoms with E-state index >= 15 is 0 Å². The van der Waals surface area contributed by atoms with Crippen LogP contribution in [-0.4, -0.2) is 23.8 Å². The maximum absolute atomic E-state index is 10.3. The lowest BCUT2D eigenvalue weighted by Crippen LogP contribution is -2.23. The van der Waals surface area contributed by atoms with Gasteiger partial charge in [0, 0.05) is 0 Å². The van der Waals surface area contributed by atoms with Crippen LogP contribution in [0.4, 0.5) is 0 Å². The largest absolute Gasteiger partial charge is 0.481 e. The third kappa shape index (κ3) is 3.29. The van der Waals surface area contributed by atoms with E-state index in [-0.39, 0.29) is 6.42 Å². The number of hydrogen-bond donors (Lipinski definition) is 1. The van der Waals surface area contributed by atoms with Crippen molar-refractivity contribution < 1.29 is 14.6 Å². The normalized spacial score (nSPS) is 27.1. The van der Waals surface area contributed by atoms with E-state index in [9.17, 15) is 4.79 Å². The van der Waals surface area contributed by atoms with Crippen molar-refractivity contribution in [3.05, 3.63) is 0 Å². The molecule has 3 nitrogen and oxygen atoms in total. The van der Waals surface area contributed by atoms with Gasteiger partial charge in [0.1, 0.15) is 0 Å². The van der Waals surface area contributed by atoms with E-state index in [4.69, 9.17) is 9.84 Å². The van der Waals surface area contributed by atoms with Crippen molar-refractivity contribution >= 4 is 5.97 Å². The lowest BCUT2D eigenvalue weighted by molar-refractivity contribution is -0.138. The molecule has 0 aromatic rings. The first-order valence-electron chi connectivity index (χ1n) is 5.44. The number of carbonyl (C=O) groups is 1. The zero-order valence-electron chi connectivity index (χ0n) is 9.03. The average molecular weight is 200 g/mol. The SMILES string of the molecule is CC(C)[C@@H]1CCC[C@H]1OCCC(=O)O. The number of carboxylic acids is 1. The summed E-state index contributed by atoms with van der Waals surface area (Å²) in [6.45, 7) is 4.79. The molecule has 1 rings (SSSR count). The Bertz CT molecular complexity index is 189. The highest BCUT2D eigenvalue weighted by atomic mass is 16.5. The molecule has 1 aliphatic carbocycles. The Hall–Kier alpha value is -0.570. The fourth-order valence-corrected chi connectivity index (χ4v) is 2.22. The van der Waals surface area contributed by atoms with Gasteiger partial charge < -0.3 is 9.84 Å². The van der Waals surface area contributed by atoms with Crippen LogP contribution in [0.15, 0.2) is 0 Å². The van der Waals surface area contributed by atoms with Gasteiger partial charge in [0.15, 0.2) is 0 Å². The van der Waals surface area contributed by atoms with Crippen LogP contribution < -0.4 is 0 Å². The third-order valence-corrected chi connectivity index (χ3v) is 3.01. The van der Waals surface area contributed by atoms with E-state index in [1.807, 2.05) is 0 Å². The summed E-state index contributed by atoms with van der Waals surface area (Å²) in [5, 5.41) is 8.48. The van der Waals surface area contributed by atoms with E-state index in [1.165, 1.54) is 12.8 Å². The Morgan fingerprint density at radius 1 is 1.50 bits per heavy atom. The molecular weight excluding hydrogens is 180 g/mol. The molecule has 0 spiro atoms. The number of hydrogen-bond acceptors (Lipinski definition) is 2. The summed E-state index contributed by atoms with van der Waals surface area (Å²) in [5.74, 6) is 0.500. The van der Waals surface area contributed by atoms with E-state index in [0.717, 1.165) is 6.42 Å². The summed E-state index contributed by atoms with van der Waals surface area (Å²) in [4.78, 5) is 10.3. The number of carboxylic acid groups (broad SMARTS) is 1. The van der Waals surface area contributed by atoms with Gasteiger partial charge in [-0.15, -0.1) is 0 Å². The molecule has 0 aromatic heterocycles. The maximum Gasteiger partial charge on any atom is 0.305 e. The van der Waals surface area contributed by atoms with E-state index in [1.54, 1.807) is 0 Å². The summed E-state index contributed by atoms with van der Waals surface area (Å²) in [6.07, 6.45) is 3.98. The molecule has 0 heterocycles. The highest BCUT2D eigenvalue weighted by molar-refractivity contribution is 5.66. The van der Waals surface area contributed by atoms with Crippen LogP contribution >= 0.6 is 0 Å². The van der Waals surface area contributed by atoms with Crippen LogP contribution in [0.2, 0.25) is 0 Å². The minimum absolute atomic E-state index is 0.126. The standard InChI is InChI=1S/C11H20O3/c1-8(2)9-4-3-5-10(9)14-7-6-11(12)13/h8-10H,3-7H2,1-2H3,(H,12,13)/t9-,10+/m0/s1. The summed E-state index contributed by atoms with van der Waals surface area (Å²) < 4.78 is 5.61. The predicted molar refractivity (Wildman–Crippen MR) is 54.2 cm³/mol. The maximum atomic E-state index is 10.3. The highest BCUT2D eigenvalue weighted by Crippen LogP contribution is 2.33. The summed E-state index contributed by atoms with van der Waals surface area (Å²) in [7, 11) is 0. The Balaban J connectivity index is 2.25. The Morgan fingerprint density at radius 2 is 2.21 bits per heavy atom. The molecule has 14 heavy (non-hydrogen) atoms. The molecule has 1 N–H and O–H groups in total. The molecule has 0 radical (unpaired) electrons. The van der Waals surface area contributed by atoms with Gasteiger partial charge in [-0.2, -0.15) is 0 Å². The van der Waals surface area contributed by atoms with Gasteiger partial charge in [0.05, 0.1) is 19.1 Å². The predicted octanol–water partition coefficient (Wildman–Crippen LogP) is 2.30. The molecule has 0 aromatic carbocycles. The second-order valence-electron chi connectivity index (χ2n) is 4.39. The van der Waals surface area contributed by atoms with Crippen molar-refractivity contribution in [2.75, 3.05) is 6.61 Å². The zero-order valence-corrected chi connectivity index (χ0v) is 9.03. The second kappa shape index (κ2) is 5.35. The second-order valence-corrected chi connectivity index (χ2v) is 4.39. The third-order valence-electron chi connectivity index (χ3n) is 3.01. The summed E-state index contributed by atoms with van der Waals surface area (Å²) in [5.41, 5.74) is 0. The van der Waals surface area contributed by atoms with Crippen LogP contribution in [0.1, 0.15) is 39.5 Å². The molecule has 0 saturated heterocycles. The van der Waals surface area contributed by atoms with Crippen molar-refractivity contribution in [1.82, 2.24) is 0 Å². The van der Waals surface area contributed by atoms with Gasteiger partial charge in [-0.05, 0) is 24.7 Å². The quantitative estimate of drug-likeness (QED) is 0.740. The number of ether oxygens (including phenoxy) is 1. The molecule has 0 unspecified atom stereocenters. The summed E-state index contributed by atoms with van der Waals surface area (Å²) >= 11 is 0. The van der Waals surface area contributed by atoms with Gasteiger partial charge in [-0.1, -0.05) is 20.3 Å². The van der Waals surface area contributed by atoms with Crippen molar-refractivity contribution in [3.8, 4) is 0 Å². The first kappa shape index (κ1) is 11.5. The zero-order chi connectivity index (χ0) is 10.6. The van der Waals surface area contributed by atoms with Crippen LogP contribution in [0.3, 0.4) is 0 Å². The monoisotopic (exact) mass is 200 g/mol. The molecule has 2 atom stereocenters. The first-order valence-corrected chi connectivity index (χ1v) is 5.44. The van der Waals surface area contributed by atoms with Crippen molar-refractivity contribution in [2.24, 2.45) is 11.8 Å². The highest BCUT2D eigenvalue weighted by Gasteiger charge is 2.30. The molecule has 82 valence electrons. The van der Waals surface area contributed by atoms with Gasteiger partial charge in [-0.3, -0.25) is 4.79 Å². The smallest absolute Gasteiger partial charge is 0.305 e. The topological polar surface area (TPSA) is 46.5 Å². The van der Waals surface area contributed by atoms with Crippen molar-refractivity contribution in [1.29, 1.82) is 0 Å². The lowest BCUT2D eigenvalue weighted by Gasteiger charge is -2.23. The molecular formula is C11H20O3. The summed E-state index contributed by atoms with van der Waals surface area (Å²) in [6, 6.07) is 0. The Kier molecular flexibility index (Phi) is 4.39. The fourth-order valence-electron chi connectivity index (χ4n) is 2.22. The van der Waals surface area contributed by atoms with Crippen LogP contribution in [-0.2, 0) is 9.53 Å². The van der Waals surface area contributed by atoms with E-state index in [0.29, 0.717) is 24.5 Å². The molecule has 1 saturated carbocycles. The van der Waals surface area contributed by atoms with Crippen LogP contribution in [0.5, 0.6) is 0 Å². The molecule has 3 heteroatoms. The van der Waals surface area contributed by atoms with Gasteiger partial charge in [0.25, 0.3) is 0 Å². The number of aliphatic carboxylic acids is 1. The van der Waals surface area contributed by atoms with Crippen LogP contribution in [0.25, 0.3) is 0 Å². The van der Waals surface area contributed by atoms with Crippen LogP contribution in [0, 0.1) is 11.8 Å². The van der Waals surface area contributed by atoms with Gasteiger partial charge >= 0.3 is 5.97 Å².